The fourth-order valence-corrected chi connectivity index (χ4v) is 7.82. The Morgan fingerprint density at radius 3 is 1.88 bits per heavy atom. The van der Waals surface area contributed by atoms with Crippen LogP contribution in [0.25, 0.3) is 49.7 Å². The summed E-state index contributed by atoms with van der Waals surface area (Å²) in [6.45, 7) is 0. The number of anilines is 2. The third-order valence-electron chi connectivity index (χ3n) is 7.92. The van der Waals surface area contributed by atoms with Gasteiger partial charge in [-0.1, -0.05) is 84.9 Å². The van der Waals surface area contributed by atoms with Crippen molar-refractivity contribution in [1.82, 2.24) is 4.57 Å². The highest BCUT2D eigenvalue weighted by molar-refractivity contribution is 7.93. The van der Waals surface area contributed by atoms with E-state index in [1.54, 1.807) is 12.1 Å². The zero-order chi connectivity index (χ0) is 27.6. The summed E-state index contributed by atoms with van der Waals surface area (Å²) < 4.78 is 31.4. The molecule has 7 aromatic rings. The smallest absolute Gasteiger partial charge is 0.269 e. The third-order valence-corrected chi connectivity index (χ3v) is 9.72. The van der Waals surface area contributed by atoms with Crippen molar-refractivity contribution in [3.05, 3.63) is 146 Å². The molecule has 0 N–H and O–H groups in total. The van der Waals surface area contributed by atoms with Gasteiger partial charge < -0.3 is 4.57 Å². The van der Waals surface area contributed by atoms with Crippen molar-refractivity contribution in [1.29, 1.82) is 0 Å². The Morgan fingerprint density at radius 1 is 0.463 bits per heavy atom. The van der Waals surface area contributed by atoms with Crippen LogP contribution in [0.4, 0.5) is 11.4 Å². The first-order valence-electron chi connectivity index (χ1n) is 13.5. The predicted octanol–water partition coefficient (Wildman–Crippen LogP) is 8.96. The molecule has 8 rings (SSSR count). The number of hydrogen-bond acceptors (Lipinski definition) is 2. The molecule has 1 aliphatic heterocycles. The number of aromatic nitrogens is 1. The minimum absolute atomic E-state index is 0.315. The van der Waals surface area contributed by atoms with E-state index in [0.29, 0.717) is 16.3 Å². The minimum Gasteiger partial charge on any atom is -0.309 e. The lowest BCUT2D eigenvalue weighted by Crippen LogP contribution is -2.30. The monoisotopic (exact) mass is 548 g/mol. The van der Waals surface area contributed by atoms with Gasteiger partial charge in [-0.15, -0.1) is 0 Å². The van der Waals surface area contributed by atoms with Gasteiger partial charge in [0.25, 0.3) is 10.0 Å². The standard InChI is InChI=1S/C36H24N2O2S/c39-41(40)36-18-10-8-16-30(36)32-24-26(20-22-35(32)38(41)28-13-5-2-6-14-28)25-19-21-34-31(23-25)29-15-7-9-17-33(29)37(34)27-11-3-1-4-12-27/h1-24H. The largest absolute Gasteiger partial charge is 0.309 e. The first-order valence-corrected chi connectivity index (χ1v) is 15.0. The third kappa shape index (κ3) is 3.56. The van der Waals surface area contributed by atoms with Gasteiger partial charge in [0.15, 0.2) is 0 Å². The van der Waals surface area contributed by atoms with Crippen LogP contribution in [0.2, 0.25) is 0 Å². The molecule has 4 nitrogen and oxygen atoms in total. The Labute approximate surface area is 238 Å². The predicted molar refractivity (Wildman–Crippen MR) is 167 cm³/mol. The molecular weight excluding hydrogens is 524 g/mol. The highest BCUT2D eigenvalue weighted by atomic mass is 32.2. The van der Waals surface area contributed by atoms with Crippen LogP contribution in [0.1, 0.15) is 0 Å². The van der Waals surface area contributed by atoms with E-state index in [1.165, 1.54) is 15.1 Å². The molecule has 1 aromatic heterocycles. The van der Waals surface area contributed by atoms with Crippen molar-refractivity contribution >= 4 is 43.2 Å². The maximum atomic E-state index is 13.8. The van der Waals surface area contributed by atoms with Crippen molar-refractivity contribution in [2.75, 3.05) is 4.31 Å². The maximum absolute atomic E-state index is 13.8. The lowest BCUT2D eigenvalue weighted by Gasteiger charge is -2.32. The summed E-state index contributed by atoms with van der Waals surface area (Å²) in [4.78, 5) is 0.315. The number of benzene rings is 6. The van der Waals surface area contributed by atoms with Gasteiger partial charge in [0, 0.05) is 27.6 Å². The Kier molecular flexibility index (Phi) is 5.18. The first kappa shape index (κ1) is 23.7. The van der Waals surface area contributed by atoms with Crippen molar-refractivity contribution in [2.45, 2.75) is 4.90 Å². The van der Waals surface area contributed by atoms with Gasteiger partial charge in [0.2, 0.25) is 0 Å². The average molecular weight is 549 g/mol. The fraction of sp³-hybridized carbons (Fsp3) is 0. The topological polar surface area (TPSA) is 42.3 Å². The fourth-order valence-electron chi connectivity index (χ4n) is 6.10. The van der Waals surface area contributed by atoms with Gasteiger partial charge in [-0.3, -0.25) is 0 Å². The van der Waals surface area contributed by atoms with Gasteiger partial charge in [-0.2, -0.15) is 0 Å². The minimum atomic E-state index is -3.77. The molecule has 0 amide bonds. The van der Waals surface area contributed by atoms with E-state index in [2.05, 4.69) is 77.4 Å². The quantitative estimate of drug-likeness (QED) is 0.221. The highest BCUT2D eigenvalue weighted by Crippen LogP contribution is 2.48. The highest BCUT2D eigenvalue weighted by Gasteiger charge is 2.36. The van der Waals surface area contributed by atoms with Crippen LogP contribution >= 0.6 is 0 Å². The van der Waals surface area contributed by atoms with Crippen molar-refractivity contribution in [2.24, 2.45) is 0 Å². The van der Waals surface area contributed by atoms with Crippen LogP contribution < -0.4 is 4.31 Å². The van der Waals surface area contributed by atoms with E-state index in [0.717, 1.165) is 39.0 Å². The lowest BCUT2D eigenvalue weighted by molar-refractivity contribution is 0.596. The SMILES string of the molecule is O=S1(=O)c2ccccc2-c2cc(-c3ccc4c(c3)c3ccccc3n4-c3ccccc3)ccc2N1c1ccccc1. The Bertz CT molecular complexity index is 2220. The van der Waals surface area contributed by atoms with Crippen LogP contribution in [0.15, 0.2) is 150 Å². The van der Waals surface area contributed by atoms with E-state index in [1.807, 2.05) is 60.7 Å². The number of sulfonamides is 1. The normalized spacial score (nSPS) is 13.7. The second-order valence-electron chi connectivity index (χ2n) is 10.3. The summed E-state index contributed by atoms with van der Waals surface area (Å²) in [5.74, 6) is 0. The van der Waals surface area contributed by atoms with Crippen LogP contribution in [0, 0.1) is 0 Å². The van der Waals surface area contributed by atoms with E-state index in [-0.39, 0.29) is 0 Å². The summed E-state index contributed by atoms with van der Waals surface area (Å²) in [6.07, 6.45) is 0. The molecule has 2 heterocycles. The Balaban J connectivity index is 1.34. The Hall–Kier alpha value is -5.13. The summed E-state index contributed by atoms with van der Waals surface area (Å²) in [5.41, 5.74) is 8.42. The first-order chi connectivity index (χ1) is 20.1. The summed E-state index contributed by atoms with van der Waals surface area (Å²) in [6, 6.07) is 48.1. The second-order valence-corrected chi connectivity index (χ2v) is 12.0. The van der Waals surface area contributed by atoms with Crippen LogP contribution in [0.3, 0.4) is 0 Å². The van der Waals surface area contributed by atoms with Gasteiger partial charge >= 0.3 is 0 Å². The maximum Gasteiger partial charge on any atom is 0.269 e. The summed E-state index contributed by atoms with van der Waals surface area (Å²) in [7, 11) is -3.77. The van der Waals surface area contributed by atoms with Crippen LogP contribution in [-0.2, 0) is 10.0 Å². The van der Waals surface area contributed by atoms with Crippen LogP contribution in [-0.4, -0.2) is 13.0 Å². The van der Waals surface area contributed by atoms with Gasteiger partial charge in [-0.05, 0) is 71.8 Å². The molecule has 0 aliphatic carbocycles. The molecule has 0 spiro atoms. The van der Waals surface area contributed by atoms with Crippen molar-refractivity contribution < 1.29 is 8.42 Å². The molecule has 41 heavy (non-hydrogen) atoms. The molecule has 0 unspecified atom stereocenters. The molecule has 1 aliphatic rings. The van der Waals surface area contributed by atoms with Crippen molar-refractivity contribution in [3.8, 4) is 27.9 Å². The number of fused-ring (bicyclic) bond motifs is 6. The lowest BCUT2D eigenvalue weighted by atomic mass is 9.96. The number of rotatable bonds is 3. The van der Waals surface area contributed by atoms with Gasteiger partial charge in [0.05, 0.1) is 27.3 Å². The number of para-hydroxylation sites is 3. The number of hydrogen-bond donors (Lipinski definition) is 0. The average Bonchev–Trinajstić information content (AvgIpc) is 3.36. The van der Waals surface area contributed by atoms with Crippen molar-refractivity contribution in [3.63, 3.8) is 0 Å². The molecule has 0 saturated carbocycles. The molecular formula is C36H24N2O2S. The molecule has 0 saturated heterocycles. The van der Waals surface area contributed by atoms with E-state index >= 15 is 0 Å². The molecule has 6 aromatic carbocycles. The molecule has 0 fully saturated rings. The number of nitrogens with zero attached hydrogens (tertiary/aromatic N) is 2. The molecule has 5 heteroatoms. The van der Waals surface area contributed by atoms with E-state index in [9.17, 15) is 8.42 Å². The van der Waals surface area contributed by atoms with E-state index < -0.39 is 10.0 Å². The molecule has 0 bridgehead atoms. The van der Waals surface area contributed by atoms with Gasteiger partial charge in [-0.25, -0.2) is 12.7 Å². The summed E-state index contributed by atoms with van der Waals surface area (Å²) >= 11 is 0. The zero-order valence-electron chi connectivity index (χ0n) is 22.0. The Morgan fingerprint density at radius 2 is 1.07 bits per heavy atom. The summed E-state index contributed by atoms with van der Waals surface area (Å²) in [5, 5.41) is 2.37. The molecule has 0 atom stereocenters. The molecule has 196 valence electrons. The second kappa shape index (κ2) is 8.95. The van der Waals surface area contributed by atoms with E-state index in [4.69, 9.17) is 0 Å². The van der Waals surface area contributed by atoms with Crippen LogP contribution in [0.5, 0.6) is 0 Å². The molecule has 0 radical (unpaired) electrons. The van der Waals surface area contributed by atoms with Gasteiger partial charge in [0.1, 0.15) is 0 Å². The zero-order valence-corrected chi connectivity index (χ0v) is 22.8.